The van der Waals surface area contributed by atoms with Crippen LogP contribution in [0.1, 0.15) is 39.2 Å². The third-order valence-electron chi connectivity index (χ3n) is 3.87. The van der Waals surface area contributed by atoms with Crippen LogP contribution in [0.25, 0.3) is 0 Å². The van der Waals surface area contributed by atoms with Crippen molar-refractivity contribution in [2.24, 2.45) is 5.92 Å². The third-order valence-corrected chi connectivity index (χ3v) is 5.33. The van der Waals surface area contributed by atoms with Crippen LogP contribution < -0.4 is 4.72 Å². The molecule has 0 saturated heterocycles. The average molecular weight is 413 g/mol. The summed E-state index contributed by atoms with van der Waals surface area (Å²) in [7, 11) is -4.19. The number of Topliss-reactive ketones (excluding diaryl/α,β-unsaturated/α-hetero) is 1. The number of ether oxygens (including phenoxy) is 2. The predicted molar refractivity (Wildman–Crippen MR) is 102 cm³/mol. The van der Waals surface area contributed by atoms with Crippen LogP contribution in [0.3, 0.4) is 0 Å². The average Bonchev–Trinajstić information content (AvgIpc) is 2.62. The van der Waals surface area contributed by atoms with Crippen molar-refractivity contribution < 1.29 is 32.3 Å². The van der Waals surface area contributed by atoms with Gasteiger partial charge in [-0.05, 0) is 39.3 Å². The summed E-state index contributed by atoms with van der Waals surface area (Å²) in [6.45, 7) is 6.56. The lowest BCUT2D eigenvalue weighted by Gasteiger charge is -2.24. The predicted octanol–water partition coefficient (Wildman–Crippen LogP) is 1.75. The van der Waals surface area contributed by atoms with Crippen LogP contribution in [-0.2, 0) is 33.9 Å². The van der Waals surface area contributed by atoms with Crippen molar-refractivity contribution in [2.75, 3.05) is 13.2 Å². The third kappa shape index (κ3) is 6.42. The second kappa shape index (κ2) is 10.9. The van der Waals surface area contributed by atoms with Crippen LogP contribution in [-0.4, -0.2) is 45.4 Å². The normalized spacial score (nSPS) is 13.4. The summed E-state index contributed by atoms with van der Waals surface area (Å²) in [6.07, 6.45) is 0.417. The van der Waals surface area contributed by atoms with E-state index in [9.17, 15) is 22.8 Å². The molecule has 0 amide bonds. The molecule has 1 aromatic carbocycles. The molecule has 1 rings (SSSR count). The molecule has 0 saturated carbocycles. The first kappa shape index (κ1) is 23.8. The Morgan fingerprint density at radius 2 is 1.50 bits per heavy atom. The largest absolute Gasteiger partial charge is 0.465 e. The Morgan fingerprint density at radius 1 is 0.964 bits per heavy atom. The first-order chi connectivity index (χ1) is 13.2. The van der Waals surface area contributed by atoms with Gasteiger partial charge >= 0.3 is 11.9 Å². The standard InChI is InChI=1S/C19H27NO7S/c1-5-8-15(21)16(18(22)26-6-2)17(19(23)27-7-3)20-28(24,25)14-11-9-13(4)10-12-14/h9-12,16-17,20H,5-8H2,1-4H3. The molecule has 0 aliphatic rings. The van der Waals surface area contributed by atoms with Crippen LogP contribution in [0, 0.1) is 12.8 Å². The summed E-state index contributed by atoms with van der Waals surface area (Å²) in [4.78, 5) is 37.3. The fourth-order valence-electron chi connectivity index (χ4n) is 2.52. The van der Waals surface area contributed by atoms with E-state index in [4.69, 9.17) is 9.47 Å². The van der Waals surface area contributed by atoms with Gasteiger partial charge in [0.25, 0.3) is 0 Å². The van der Waals surface area contributed by atoms with Gasteiger partial charge in [-0.2, -0.15) is 4.72 Å². The van der Waals surface area contributed by atoms with Gasteiger partial charge in [0.05, 0.1) is 18.1 Å². The van der Waals surface area contributed by atoms with Crippen LogP contribution in [0.15, 0.2) is 29.2 Å². The molecule has 0 bridgehead atoms. The Balaban J connectivity index is 3.34. The van der Waals surface area contributed by atoms with E-state index in [2.05, 4.69) is 4.72 Å². The number of hydrogen-bond donors (Lipinski definition) is 1. The summed E-state index contributed by atoms with van der Waals surface area (Å²) in [6, 6.07) is 4.21. The van der Waals surface area contributed by atoms with Gasteiger partial charge in [0.2, 0.25) is 10.0 Å². The van der Waals surface area contributed by atoms with E-state index in [1.54, 1.807) is 32.9 Å². The van der Waals surface area contributed by atoms with E-state index in [0.29, 0.717) is 6.42 Å². The number of benzene rings is 1. The van der Waals surface area contributed by atoms with Crippen LogP contribution >= 0.6 is 0 Å². The molecule has 156 valence electrons. The summed E-state index contributed by atoms with van der Waals surface area (Å²) >= 11 is 0. The lowest BCUT2D eigenvalue weighted by atomic mass is 9.93. The maximum atomic E-state index is 12.7. The van der Waals surface area contributed by atoms with Gasteiger partial charge in [-0.3, -0.25) is 14.4 Å². The van der Waals surface area contributed by atoms with Gasteiger partial charge in [-0.25, -0.2) is 8.42 Å². The van der Waals surface area contributed by atoms with Gasteiger partial charge in [-0.1, -0.05) is 24.6 Å². The molecule has 1 aromatic rings. The molecule has 0 radical (unpaired) electrons. The molecule has 28 heavy (non-hydrogen) atoms. The first-order valence-corrected chi connectivity index (χ1v) is 10.6. The number of carbonyl (C=O) groups is 3. The Kier molecular flexibility index (Phi) is 9.27. The Hall–Kier alpha value is -2.26. The maximum absolute atomic E-state index is 12.7. The molecule has 2 unspecified atom stereocenters. The van der Waals surface area contributed by atoms with Gasteiger partial charge in [0.1, 0.15) is 17.7 Å². The number of nitrogens with one attached hydrogen (secondary N) is 1. The van der Waals surface area contributed by atoms with Crippen molar-refractivity contribution in [3.05, 3.63) is 29.8 Å². The fraction of sp³-hybridized carbons (Fsp3) is 0.526. The number of carbonyl (C=O) groups excluding carboxylic acids is 3. The molecule has 0 aromatic heterocycles. The fourth-order valence-corrected chi connectivity index (χ4v) is 3.72. The van der Waals surface area contributed by atoms with Crippen LogP contribution in [0.2, 0.25) is 0 Å². The maximum Gasteiger partial charge on any atom is 0.325 e. The minimum atomic E-state index is -4.19. The highest BCUT2D eigenvalue weighted by Crippen LogP contribution is 2.18. The zero-order chi connectivity index (χ0) is 21.3. The molecular weight excluding hydrogens is 386 g/mol. The smallest absolute Gasteiger partial charge is 0.325 e. The number of aryl methyl sites for hydroxylation is 1. The monoisotopic (exact) mass is 413 g/mol. The molecule has 0 spiro atoms. The van der Waals surface area contributed by atoms with Crippen LogP contribution in [0.5, 0.6) is 0 Å². The molecule has 0 aliphatic carbocycles. The SMILES string of the molecule is CCCC(=O)C(C(=O)OCC)C(NS(=O)(=O)c1ccc(C)cc1)C(=O)OCC. The number of ketones is 1. The highest BCUT2D eigenvalue weighted by Gasteiger charge is 2.43. The summed E-state index contributed by atoms with van der Waals surface area (Å²) in [5.41, 5.74) is 0.850. The van der Waals surface area contributed by atoms with Crippen LogP contribution in [0.4, 0.5) is 0 Å². The molecule has 0 fully saturated rings. The molecule has 2 atom stereocenters. The zero-order valence-electron chi connectivity index (χ0n) is 16.6. The number of sulfonamides is 1. The lowest BCUT2D eigenvalue weighted by Crippen LogP contribution is -2.52. The minimum absolute atomic E-state index is 0.00829. The second-order valence-electron chi connectivity index (χ2n) is 6.11. The summed E-state index contributed by atoms with van der Waals surface area (Å²) in [5, 5.41) is 0. The van der Waals surface area contributed by atoms with Gasteiger partial charge in [0.15, 0.2) is 0 Å². The van der Waals surface area contributed by atoms with E-state index in [0.717, 1.165) is 5.56 Å². The Morgan fingerprint density at radius 3 is 2.00 bits per heavy atom. The first-order valence-electron chi connectivity index (χ1n) is 9.12. The highest BCUT2D eigenvalue weighted by molar-refractivity contribution is 7.89. The molecular formula is C19H27NO7S. The molecule has 1 N–H and O–H groups in total. The number of hydrogen-bond acceptors (Lipinski definition) is 7. The van der Waals surface area contributed by atoms with E-state index < -0.39 is 39.7 Å². The lowest BCUT2D eigenvalue weighted by molar-refractivity contribution is -0.160. The minimum Gasteiger partial charge on any atom is -0.465 e. The van der Waals surface area contributed by atoms with Gasteiger partial charge in [0, 0.05) is 6.42 Å². The highest BCUT2D eigenvalue weighted by atomic mass is 32.2. The quantitative estimate of drug-likeness (QED) is 0.434. The van der Waals surface area contributed by atoms with E-state index in [1.165, 1.54) is 19.1 Å². The van der Waals surface area contributed by atoms with E-state index in [1.807, 2.05) is 0 Å². The topological polar surface area (TPSA) is 116 Å². The van der Waals surface area contributed by atoms with Crippen molar-refractivity contribution in [1.82, 2.24) is 4.72 Å². The number of esters is 2. The van der Waals surface area contributed by atoms with E-state index in [-0.39, 0.29) is 24.5 Å². The van der Waals surface area contributed by atoms with Crippen molar-refractivity contribution in [1.29, 1.82) is 0 Å². The molecule has 0 aliphatic heterocycles. The molecule has 8 nitrogen and oxygen atoms in total. The van der Waals surface area contributed by atoms with E-state index >= 15 is 0 Å². The van der Waals surface area contributed by atoms with Gasteiger partial charge < -0.3 is 9.47 Å². The number of rotatable bonds is 11. The summed E-state index contributed by atoms with van der Waals surface area (Å²) < 4.78 is 37.5. The second-order valence-corrected chi connectivity index (χ2v) is 7.82. The molecule has 0 heterocycles. The summed E-state index contributed by atoms with van der Waals surface area (Å²) in [5.74, 6) is -4.20. The van der Waals surface area contributed by atoms with Crippen molar-refractivity contribution in [2.45, 2.75) is 51.5 Å². The van der Waals surface area contributed by atoms with Crippen molar-refractivity contribution in [3.63, 3.8) is 0 Å². The zero-order valence-corrected chi connectivity index (χ0v) is 17.4. The Bertz CT molecular complexity index is 769. The van der Waals surface area contributed by atoms with Crippen molar-refractivity contribution >= 4 is 27.7 Å². The van der Waals surface area contributed by atoms with Crippen molar-refractivity contribution in [3.8, 4) is 0 Å². The Labute approximate surface area is 165 Å². The van der Waals surface area contributed by atoms with Gasteiger partial charge in [-0.15, -0.1) is 0 Å². The molecule has 9 heteroatoms.